The van der Waals surface area contributed by atoms with Gasteiger partial charge < -0.3 is 23.8 Å². The van der Waals surface area contributed by atoms with Gasteiger partial charge in [-0.05, 0) is 25.0 Å². The predicted molar refractivity (Wildman–Crippen MR) is 188 cm³/mol. The summed E-state index contributed by atoms with van der Waals surface area (Å²) in [6, 6.07) is 20.4. The lowest BCUT2D eigenvalue weighted by atomic mass is 9.81. The monoisotopic (exact) mass is 743 g/mol. The summed E-state index contributed by atoms with van der Waals surface area (Å²) in [6.07, 6.45) is -4.56. The molecule has 3 heterocycles. The van der Waals surface area contributed by atoms with E-state index in [1.54, 1.807) is 7.11 Å². The fourth-order valence-corrected chi connectivity index (χ4v) is 6.65. The average molecular weight is 745 g/mol. The number of methoxy groups -OCH3 is 2. The molecule has 0 saturated carbocycles. The van der Waals surface area contributed by atoms with Crippen molar-refractivity contribution < 1.29 is 36.9 Å². The Morgan fingerprint density at radius 3 is 2.08 bits per heavy atom. The van der Waals surface area contributed by atoms with Gasteiger partial charge in [0.2, 0.25) is 17.7 Å². The van der Waals surface area contributed by atoms with E-state index in [4.69, 9.17) is 18.9 Å². The highest BCUT2D eigenvalue weighted by Gasteiger charge is 2.43. The molecular weight excluding hydrogens is 698 g/mol. The van der Waals surface area contributed by atoms with Crippen molar-refractivity contribution in [2.24, 2.45) is 0 Å². The molecular formula is C35H46Cl2F3N5O5. The third-order valence-electron chi connectivity index (χ3n) is 8.64. The summed E-state index contributed by atoms with van der Waals surface area (Å²) in [5.41, 5.74) is 2.88. The molecule has 0 radical (unpaired) electrons. The van der Waals surface area contributed by atoms with Crippen LogP contribution in [0.15, 0.2) is 60.7 Å². The number of rotatable bonds is 13. The van der Waals surface area contributed by atoms with Gasteiger partial charge in [-0.1, -0.05) is 60.7 Å². The van der Waals surface area contributed by atoms with Crippen LogP contribution in [0.1, 0.15) is 42.9 Å². The molecule has 2 fully saturated rings. The maximum absolute atomic E-state index is 13.1. The van der Waals surface area contributed by atoms with Crippen LogP contribution in [0.2, 0.25) is 0 Å². The maximum Gasteiger partial charge on any atom is 0.422 e. The van der Waals surface area contributed by atoms with E-state index in [1.165, 1.54) is 18.2 Å². The number of piperazine rings is 2. The van der Waals surface area contributed by atoms with Crippen molar-refractivity contribution >= 4 is 30.7 Å². The van der Waals surface area contributed by atoms with Gasteiger partial charge in [0.05, 0.1) is 31.8 Å². The molecule has 1 aromatic heterocycles. The van der Waals surface area contributed by atoms with Gasteiger partial charge in [-0.15, -0.1) is 24.8 Å². The fraction of sp³-hybridized carbons (Fsp3) is 0.514. The van der Waals surface area contributed by atoms with Gasteiger partial charge in [-0.2, -0.15) is 23.1 Å². The first-order chi connectivity index (χ1) is 23.1. The van der Waals surface area contributed by atoms with Crippen molar-refractivity contribution in [1.82, 2.24) is 24.7 Å². The van der Waals surface area contributed by atoms with E-state index in [0.29, 0.717) is 51.3 Å². The molecule has 10 nitrogen and oxygen atoms in total. The largest absolute Gasteiger partial charge is 0.481 e. The minimum Gasteiger partial charge on any atom is -0.481 e. The van der Waals surface area contributed by atoms with Gasteiger partial charge in [0.25, 0.3) is 0 Å². The number of carbonyl (C=O) groups excluding carboxylic acids is 1. The number of hydrogen-bond donors (Lipinski definition) is 0. The van der Waals surface area contributed by atoms with E-state index in [0.717, 1.165) is 6.54 Å². The van der Waals surface area contributed by atoms with Crippen LogP contribution in [-0.4, -0.2) is 115 Å². The Bertz CT molecular complexity index is 1450. The minimum atomic E-state index is -4.56. The molecule has 2 saturated heterocycles. The summed E-state index contributed by atoms with van der Waals surface area (Å²) in [5.74, 6) is 0.274. The van der Waals surface area contributed by atoms with E-state index in [2.05, 4.69) is 68.3 Å². The molecule has 0 bridgehead atoms. The third kappa shape index (κ3) is 10.6. The number of amides is 1. The summed E-state index contributed by atoms with van der Waals surface area (Å²) in [5, 5.41) is 0. The van der Waals surface area contributed by atoms with Crippen molar-refractivity contribution in [3.8, 4) is 17.8 Å². The first-order valence-electron chi connectivity index (χ1n) is 16.2. The molecule has 3 aromatic rings. The zero-order chi connectivity index (χ0) is 34.3. The number of ether oxygens (including phenoxy) is 4. The first-order valence-corrected chi connectivity index (χ1v) is 16.2. The molecule has 2 aliphatic heterocycles. The highest BCUT2D eigenvalue weighted by atomic mass is 35.5. The number of fused-ring (bicyclic) bond motifs is 1. The van der Waals surface area contributed by atoms with E-state index >= 15 is 0 Å². The highest BCUT2D eigenvalue weighted by molar-refractivity contribution is 5.85. The minimum absolute atomic E-state index is 0. The van der Waals surface area contributed by atoms with Gasteiger partial charge in [0.1, 0.15) is 0 Å². The van der Waals surface area contributed by atoms with E-state index in [-0.39, 0.29) is 66.6 Å². The summed E-state index contributed by atoms with van der Waals surface area (Å²) in [7, 11) is 3.00. The maximum atomic E-state index is 13.1. The Morgan fingerprint density at radius 1 is 0.900 bits per heavy atom. The highest BCUT2D eigenvalue weighted by Crippen LogP contribution is 2.38. The fourth-order valence-electron chi connectivity index (χ4n) is 6.65. The van der Waals surface area contributed by atoms with Crippen LogP contribution in [0.3, 0.4) is 0 Å². The lowest BCUT2D eigenvalue weighted by Crippen LogP contribution is -2.67. The average Bonchev–Trinajstić information content (AvgIpc) is 3.07. The first kappa shape index (κ1) is 41.1. The lowest BCUT2D eigenvalue weighted by molar-refractivity contribution is -0.154. The zero-order valence-corrected chi connectivity index (χ0v) is 30.3. The SMILES string of the molecule is COCCC(=O)N1CCN2[C@H](CN(Cc3c(OC)nc(OCC(F)(F)F)nc3OC(C)C)C[C@H]2C(c2ccccc2)c2ccccc2)C1.Cl.Cl. The summed E-state index contributed by atoms with van der Waals surface area (Å²) < 4.78 is 60.5. The Morgan fingerprint density at radius 2 is 1.52 bits per heavy atom. The van der Waals surface area contributed by atoms with Crippen LogP contribution in [0, 0.1) is 0 Å². The third-order valence-corrected chi connectivity index (χ3v) is 8.64. The van der Waals surface area contributed by atoms with Crippen LogP contribution in [0.25, 0.3) is 0 Å². The number of halogens is 5. The van der Waals surface area contributed by atoms with Gasteiger partial charge >= 0.3 is 12.2 Å². The number of hydrogen-bond acceptors (Lipinski definition) is 9. The molecule has 0 unspecified atom stereocenters. The molecule has 0 N–H and O–H groups in total. The zero-order valence-electron chi connectivity index (χ0n) is 28.7. The van der Waals surface area contributed by atoms with Crippen molar-refractivity contribution in [3.05, 3.63) is 77.4 Å². The second-order valence-corrected chi connectivity index (χ2v) is 12.4. The predicted octanol–water partition coefficient (Wildman–Crippen LogP) is 5.62. The molecule has 2 aliphatic rings. The van der Waals surface area contributed by atoms with Crippen LogP contribution < -0.4 is 14.2 Å². The second-order valence-electron chi connectivity index (χ2n) is 12.4. The van der Waals surface area contributed by atoms with Crippen molar-refractivity contribution in [3.63, 3.8) is 0 Å². The van der Waals surface area contributed by atoms with Crippen LogP contribution >= 0.6 is 24.8 Å². The molecule has 50 heavy (non-hydrogen) atoms. The molecule has 0 aliphatic carbocycles. The van der Waals surface area contributed by atoms with E-state index in [1.807, 2.05) is 30.9 Å². The Balaban J connectivity index is 0.00000338. The number of alkyl halides is 3. The molecule has 2 atom stereocenters. The van der Waals surface area contributed by atoms with Gasteiger partial charge in [-0.3, -0.25) is 14.6 Å². The van der Waals surface area contributed by atoms with Crippen LogP contribution in [-0.2, 0) is 16.1 Å². The van der Waals surface area contributed by atoms with Crippen molar-refractivity contribution in [2.45, 2.75) is 57.1 Å². The number of carbonyl (C=O) groups is 1. The van der Waals surface area contributed by atoms with Crippen LogP contribution in [0.4, 0.5) is 13.2 Å². The standard InChI is InChI=1S/C35H44F3N5O5.2ClH/c1-24(2)48-33-28(32(46-4)39-34(40-33)47-23-35(36,37)38)21-41-19-27-20-42(30(44)15-18-45-3)16-17-43(27)29(22-41)31(25-11-7-5-8-12-25)26-13-9-6-10-14-26;;/h5-14,24,27,29,31H,15-23H2,1-4H3;2*1H/t27-,29+;;/m1../s1. The molecule has 2 aromatic carbocycles. The summed E-state index contributed by atoms with van der Waals surface area (Å²) in [4.78, 5) is 28.3. The van der Waals surface area contributed by atoms with Gasteiger partial charge in [0, 0.05) is 64.4 Å². The molecule has 5 rings (SSSR count). The smallest absolute Gasteiger partial charge is 0.422 e. The normalized spacial score (nSPS) is 18.2. The number of aromatic nitrogens is 2. The topological polar surface area (TPSA) is 89.5 Å². The summed E-state index contributed by atoms with van der Waals surface area (Å²) in [6.45, 7) is 5.92. The molecule has 276 valence electrons. The molecule has 0 spiro atoms. The van der Waals surface area contributed by atoms with E-state index < -0.39 is 18.8 Å². The lowest BCUT2D eigenvalue weighted by Gasteiger charge is -2.53. The molecule has 15 heteroatoms. The Kier molecular flexibility index (Phi) is 15.4. The van der Waals surface area contributed by atoms with Crippen LogP contribution in [0.5, 0.6) is 17.8 Å². The molecule has 1 amide bonds. The number of benzene rings is 2. The van der Waals surface area contributed by atoms with Crippen molar-refractivity contribution in [1.29, 1.82) is 0 Å². The number of nitrogens with zero attached hydrogens (tertiary/aromatic N) is 5. The Labute approximate surface area is 304 Å². The van der Waals surface area contributed by atoms with Gasteiger partial charge in [-0.25, -0.2) is 0 Å². The van der Waals surface area contributed by atoms with E-state index in [9.17, 15) is 18.0 Å². The van der Waals surface area contributed by atoms with Gasteiger partial charge in [0.15, 0.2) is 6.61 Å². The van der Waals surface area contributed by atoms with Crippen molar-refractivity contribution in [2.75, 3.05) is 60.2 Å². The Hall–Kier alpha value is -3.36. The summed E-state index contributed by atoms with van der Waals surface area (Å²) >= 11 is 0. The quantitative estimate of drug-likeness (QED) is 0.221. The second kappa shape index (κ2) is 18.8.